The Bertz CT molecular complexity index is 1560. The van der Waals surface area contributed by atoms with Crippen LogP contribution in [0.25, 0.3) is 27.5 Å². The molecular weight excluding hydrogens is 432 g/mol. The standard InChI is InChI=1S/C23H15ClN4O2S/c24-16-8-4-9-17(11-16)28-21(29)19-12-25-22(26-20(19)27-23(28)30)31-13-15-7-3-6-14-5-1-2-10-18(14)15/h1-12H,13H2,(H,25,26,27,30)/p+1. The van der Waals surface area contributed by atoms with Crippen molar-refractivity contribution in [1.29, 1.82) is 0 Å². The molecule has 2 heterocycles. The highest BCUT2D eigenvalue weighted by Gasteiger charge is 2.17. The Balaban J connectivity index is 1.50. The second-order valence-electron chi connectivity index (χ2n) is 6.95. The van der Waals surface area contributed by atoms with Crippen molar-refractivity contribution in [2.24, 2.45) is 0 Å². The Kier molecular flexibility index (Phi) is 5.05. The predicted molar refractivity (Wildman–Crippen MR) is 123 cm³/mol. The Morgan fingerprint density at radius 3 is 2.68 bits per heavy atom. The molecule has 31 heavy (non-hydrogen) atoms. The number of rotatable bonds is 4. The molecule has 0 fully saturated rings. The minimum absolute atomic E-state index is 0.243. The van der Waals surface area contributed by atoms with Gasteiger partial charge in [0, 0.05) is 10.8 Å². The van der Waals surface area contributed by atoms with E-state index in [2.05, 4.69) is 39.2 Å². The van der Waals surface area contributed by atoms with E-state index in [0.717, 1.165) is 4.57 Å². The van der Waals surface area contributed by atoms with Crippen molar-refractivity contribution >= 4 is 45.2 Å². The van der Waals surface area contributed by atoms with E-state index in [-0.39, 0.29) is 11.0 Å². The van der Waals surface area contributed by atoms with Gasteiger partial charge in [0.25, 0.3) is 11.2 Å². The van der Waals surface area contributed by atoms with Gasteiger partial charge in [-0.05, 0) is 51.3 Å². The van der Waals surface area contributed by atoms with Crippen molar-refractivity contribution < 1.29 is 4.98 Å². The van der Waals surface area contributed by atoms with E-state index >= 15 is 0 Å². The average Bonchev–Trinajstić information content (AvgIpc) is 2.77. The molecule has 0 aliphatic heterocycles. The summed E-state index contributed by atoms with van der Waals surface area (Å²) in [6, 6.07) is 21.0. The molecule has 0 radical (unpaired) electrons. The third-order valence-electron chi connectivity index (χ3n) is 4.98. The summed E-state index contributed by atoms with van der Waals surface area (Å²) in [6.45, 7) is 0. The summed E-state index contributed by atoms with van der Waals surface area (Å²) in [5.41, 5.74) is 0.796. The van der Waals surface area contributed by atoms with Crippen LogP contribution >= 0.6 is 23.4 Å². The van der Waals surface area contributed by atoms with Crippen LogP contribution in [0.3, 0.4) is 0 Å². The van der Waals surface area contributed by atoms with E-state index in [1.165, 1.54) is 28.1 Å². The van der Waals surface area contributed by atoms with Gasteiger partial charge in [0.05, 0.1) is 5.69 Å². The van der Waals surface area contributed by atoms with Crippen LogP contribution in [-0.2, 0) is 5.75 Å². The van der Waals surface area contributed by atoms with E-state index in [0.29, 0.717) is 21.6 Å². The first-order chi connectivity index (χ1) is 15.1. The number of halogens is 1. The molecule has 0 aliphatic rings. The van der Waals surface area contributed by atoms with E-state index in [9.17, 15) is 9.59 Å². The number of benzene rings is 3. The minimum Gasteiger partial charge on any atom is -0.270 e. The Morgan fingerprint density at radius 1 is 1.00 bits per heavy atom. The predicted octanol–water partition coefficient (Wildman–Crippen LogP) is 3.99. The number of thioether (sulfide) groups is 1. The molecule has 0 saturated heterocycles. The van der Waals surface area contributed by atoms with Gasteiger partial charge in [0.1, 0.15) is 11.6 Å². The van der Waals surface area contributed by atoms with E-state index < -0.39 is 11.2 Å². The summed E-state index contributed by atoms with van der Waals surface area (Å²) >= 11 is 7.51. The van der Waals surface area contributed by atoms with Crippen molar-refractivity contribution in [2.75, 3.05) is 0 Å². The molecule has 5 aromatic rings. The van der Waals surface area contributed by atoms with E-state index in [1.54, 1.807) is 30.5 Å². The van der Waals surface area contributed by atoms with Gasteiger partial charge in [-0.3, -0.25) is 9.78 Å². The molecule has 0 atom stereocenters. The summed E-state index contributed by atoms with van der Waals surface area (Å²) < 4.78 is 1.05. The number of aromatic nitrogens is 4. The molecule has 2 N–H and O–H groups in total. The van der Waals surface area contributed by atoms with Crippen LogP contribution in [0.1, 0.15) is 5.56 Å². The second kappa shape index (κ2) is 8.02. The molecule has 8 heteroatoms. The lowest BCUT2D eigenvalue weighted by Crippen LogP contribution is -2.34. The third-order valence-corrected chi connectivity index (χ3v) is 6.15. The van der Waals surface area contributed by atoms with Crippen LogP contribution in [0.2, 0.25) is 5.02 Å². The van der Waals surface area contributed by atoms with Crippen LogP contribution < -0.4 is 16.2 Å². The van der Waals surface area contributed by atoms with E-state index in [4.69, 9.17) is 11.6 Å². The second-order valence-corrected chi connectivity index (χ2v) is 8.35. The first-order valence-electron chi connectivity index (χ1n) is 9.53. The highest BCUT2D eigenvalue weighted by Crippen LogP contribution is 2.25. The zero-order valence-corrected chi connectivity index (χ0v) is 17.7. The van der Waals surface area contributed by atoms with Crippen LogP contribution in [0.4, 0.5) is 0 Å². The van der Waals surface area contributed by atoms with Gasteiger partial charge < -0.3 is 0 Å². The summed E-state index contributed by atoms with van der Waals surface area (Å²) in [5.74, 6) is 0.695. The van der Waals surface area contributed by atoms with Crippen LogP contribution in [-0.4, -0.2) is 14.5 Å². The molecule has 152 valence electrons. The topological polar surface area (TPSA) is 81.9 Å². The zero-order chi connectivity index (χ0) is 21.4. The summed E-state index contributed by atoms with van der Waals surface area (Å²) in [6.07, 6.45) is 1.58. The molecular formula is C23H16ClN4O2S+. The first kappa shape index (κ1) is 19.5. The molecule has 0 aliphatic carbocycles. The van der Waals surface area contributed by atoms with Gasteiger partial charge >= 0.3 is 10.8 Å². The van der Waals surface area contributed by atoms with Crippen LogP contribution in [0, 0.1) is 0 Å². The summed E-state index contributed by atoms with van der Waals surface area (Å²) in [7, 11) is 0. The molecule has 0 amide bonds. The number of nitrogens with zero attached hydrogens (tertiary/aromatic N) is 2. The lowest BCUT2D eigenvalue weighted by molar-refractivity contribution is -0.431. The molecule has 2 aromatic heterocycles. The van der Waals surface area contributed by atoms with E-state index in [1.807, 2.05) is 18.2 Å². The van der Waals surface area contributed by atoms with Crippen molar-refractivity contribution in [3.05, 3.63) is 104 Å². The van der Waals surface area contributed by atoms with Gasteiger partial charge in [-0.15, -0.1) is 0 Å². The zero-order valence-electron chi connectivity index (χ0n) is 16.1. The Labute approximate surface area is 185 Å². The largest absolute Gasteiger partial charge is 0.359 e. The third kappa shape index (κ3) is 3.73. The maximum Gasteiger partial charge on any atom is 0.359 e. The first-order valence-corrected chi connectivity index (χ1v) is 10.9. The number of H-pyrrole nitrogens is 2. The Morgan fingerprint density at radius 2 is 1.81 bits per heavy atom. The fourth-order valence-electron chi connectivity index (χ4n) is 3.51. The van der Waals surface area contributed by atoms with Crippen molar-refractivity contribution in [1.82, 2.24) is 14.5 Å². The molecule has 5 rings (SSSR count). The lowest BCUT2D eigenvalue weighted by Gasteiger charge is -2.05. The van der Waals surface area contributed by atoms with Crippen molar-refractivity contribution in [3.63, 3.8) is 0 Å². The van der Waals surface area contributed by atoms with Gasteiger partial charge in [-0.1, -0.05) is 60.1 Å². The van der Waals surface area contributed by atoms with Gasteiger partial charge in [0.2, 0.25) is 0 Å². The normalized spacial score (nSPS) is 11.3. The summed E-state index contributed by atoms with van der Waals surface area (Å²) in [5, 5.41) is 3.71. The molecule has 0 spiro atoms. The highest BCUT2D eigenvalue weighted by molar-refractivity contribution is 7.98. The maximum atomic E-state index is 12.9. The molecule has 0 bridgehead atoms. The van der Waals surface area contributed by atoms with Gasteiger partial charge in [-0.2, -0.15) is 0 Å². The fourth-order valence-corrected chi connectivity index (χ4v) is 4.54. The number of nitrogens with one attached hydrogen (secondary N) is 2. The molecule has 0 saturated carbocycles. The Hall–Kier alpha value is -3.42. The van der Waals surface area contributed by atoms with Gasteiger partial charge in [0.15, 0.2) is 0 Å². The quantitative estimate of drug-likeness (QED) is 0.333. The molecule has 0 unspecified atom stereocenters. The van der Waals surface area contributed by atoms with Crippen LogP contribution in [0.15, 0.2) is 87.7 Å². The number of hydrogen-bond donors (Lipinski definition) is 1. The maximum absolute atomic E-state index is 12.9. The average molecular weight is 448 g/mol. The smallest absolute Gasteiger partial charge is 0.270 e. The van der Waals surface area contributed by atoms with Crippen molar-refractivity contribution in [3.8, 4) is 5.69 Å². The van der Waals surface area contributed by atoms with Gasteiger partial charge in [-0.25, -0.2) is 14.3 Å². The van der Waals surface area contributed by atoms with Crippen molar-refractivity contribution in [2.45, 2.75) is 10.9 Å². The van der Waals surface area contributed by atoms with Crippen LogP contribution in [0.5, 0.6) is 0 Å². The number of aromatic amines is 2. The molecule has 3 aromatic carbocycles. The number of hydrogen-bond acceptors (Lipinski definition) is 4. The number of fused-ring (bicyclic) bond motifs is 2. The SMILES string of the molecule is O=c1[nH]c2nc(SCc3cccc4ccccc34)[nH+]cc2c(=O)n1-c1cccc(Cl)c1. The monoisotopic (exact) mass is 447 g/mol. The highest BCUT2D eigenvalue weighted by atomic mass is 35.5. The molecule has 6 nitrogen and oxygen atoms in total. The minimum atomic E-state index is -0.566. The summed E-state index contributed by atoms with van der Waals surface area (Å²) in [4.78, 5) is 35.8. The fraction of sp³-hybridized carbons (Fsp3) is 0.0435. The lowest BCUT2D eigenvalue weighted by atomic mass is 10.1.